The Kier molecular flexibility index (Phi) is 5.79. The highest BCUT2D eigenvalue weighted by atomic mass is 32.2. The molecular formula is C17H27NOS. The summed E-state index contributed by atoms with van der Waals surface area (Å²) in [6, 6.07) is 11.1. The maximum Gasteiger partial charge on any atom is 0.0509 e. The van der Waals surface area contributed by atoms with E-state index < -0.39 is 10.8 Å². The van der Waals surface area contributed by atoms with Crippen molar-refractivity contribution in [2.24, 2.45) is 0 Å². The Morgan fingerprint density at radius 1 is 1.30 bits per heavy atom. The zero-order chi connectivity index (χ0) is 14.5. The molecule has 3 heteroatoms. The molecule has 1 aliphatic carbocycles. The summed E-state index contributed by atoms with van der Waals surface area (Å²) in [6.07, 6.45) is 4.37. The van der Waals surface area contributed by atoms with Gasteiger partial charge in [-0.05, 0) is 44.2 Å². The minimum Gasteiger partial charge on any atom is -0.316 e. The van der Waals surface area contributed by atoms with Crippen LogP contribution in [0.25, 0.3) is 0 Å². The van der Waals surface area contributed by atoms with Gasteiger partial charge in [0.05, 0.1) is 5.25 Å². The van der Waals surface area contributed by atoms with Crippen LogP contribution in [0, 0.1) is 0 Å². The summed E-state index contributed by atoms with van der Waals surface area (Å²) in [4.78, 5) is 0. The first-order valence-electron chi connectivity index (χ1n) is 7.79. The molecule has 5 unspecified atom stereocenters. The van der Waals surface area contributed by atoms with E-state index in [0.29, 0.717) is 17.2 Å². The highest BCUT2D eigenvalue weighted by molar-refractivity contribution is 7.86. The minimum atomic E-state index is -0.738. The highest BCUT2D eigenvalue weighted by Crippen LogP contribution is 2.36. The fourth-order valence-electron chi connectivity index (χ4n) is 3.21. The SMILES string of the molecule is CCC(C)S(=O)C1CC(c2ccccc2)CCC1NC. The summed E-state index contributed by atoms with van der Waals surface area (Å²) >= 11 is 0. The Bertz CT molecular complexity index is 434. The van der Waals surface area contributed by atoms with Crippen LogP contribution in [0.15, 0.2) is 30.3 Å². The summed E-state index contributed by atoms with van der Waals surface area (Å²) in [5.41, 5.74) is 1.41. The zero-order valence-electron chi connectivity index (χ0n) is 12.8. The van der Waals surface area contributed by atoms with Crippen molar-refractivity contribution >= 4 is 10.8 Å². The van der Waals surface area contributed by atoms with Crippen molar-refractivity contribution in [1.82, 2.24) is 5.32 Å². The summed E-state index contributed by atoms with van der Waals surface area (Å²) in [5, 5.41) is 3.98. The normalized spacial score (nSPS) is 29.9. The van der Waals surface area contributed by atoms with Gasteiger partial charge in [-0.25, -0.2) is 0 Å². The van der Waals surface area contributed by atoms with Crippen LogP contribution in [0.4, 0.5) is 0 Å². The number of rotatable bonds is 5. The first-order chi connectivity index (χ1) is 9.67. The Balaban J connectivity index is 2.13. The van der Waals surface area contributed by atoms with E-state index in [1.165, 1.54) is 12.0 Å². The molecule has 0 amide bonds. The van der Waals surface area contributed by atoms with Gasteiger partial charge < -0.3 is 5.32 Å². The van der Waals surface area contributed by atoms with E-state index in [1.807, 2.05) is 7.05 Å². The Labute approximate surface area is 125 Å². The molecule has 1 fully saturated rings. The Hall–Kier alpha value is -0.670. The standard InChI is InChI=1S/C17H27NOS/c1-4-13(2)20(19)17-12-15(10-11-16(17)18-3)14-8-6-5-7-9-14/h5-9,13,15-18H,4,10-12H2,1-3H3. The maximum absolute atomic E-state index is 12.7. The lowest BCUT2D eigenvalue weighted by Crippen LogP contribution is -2.46. The summed E-state index contributed by atoms with van der Waals surface area (Å²) in [6.45, 7) is 4.25. The lowest BCUT2D eigenvalue weighted by atomic mass is 9.81. The van der Waals surface area contributed by atoms with E-state index in [-0.39, 0.29) is 5.25 Å². The smallest absolute Gasteiger partial charge is 0.0509 e. The molecule has 1 aromatic carbocycles. The third kappa shape index (κ3) is 3.50. The lowest BCUT2D eigenvalue weighted by molar-refractivity contribution is 0.363. The van der Waals surface area contributed by atoms with Gasteiger partial charge in [-0.2, -0.15) is 0 Å². The average molecular weight is 293 g/mol. The molecule has 1 N–H and O–H groups in total. The molecular weight excluding hydrogens is 266 g/mol. The van der Waals surface area contributed by atoms with Gasteiger partial charge in [0.15, 0.2) is 0 Å². The van der Waals surface area contributed by atoms with E-state index in [4.69, 9.17) is 0 Å². The molecule has 1 saturated carbocycles. The molecule has 0 aromatic heterocycles. The minimum absolute atomic E-state index is 0.286. The van der Waals surface area contributed by atoms with E-state index >= 15 is 0 Å². The van der Waals surface area contributed by atoms with Gasteiger partial charge in [0, 0.05) is 22.1 Å². The van der Waals surface area contributed by atoms with Crippen LogP contribution in [0.1, 0.15) is 51.0 Å². The van der Waals surface area contributed by atoms with Crippen molar-refractivity contribution in [3.63, 3.8) is 0 Å². The second-order valence-corrected chi connectivity index (χ2v) is 7.97. The summed E-state index contributed by atoms with van der Waals surface area (Å²) in [7, 11) is 1.27. The van der Waals surface area contributed by atoms with Crippen LogP contribution in [0.2, 0.25) is 0 Å². The topological polar surface area (TPSA) is 29.1 Å². The van der Waals surface area contributed by atoms with Crippen LogP contribution in [-0.2, 0) is 10.8 Å². The van der Waals surface area contributed by atoms with E-state index in [0.717, 1.165) is 19.3 Å². The Morgan fingerprint density at radius 2 is 2.00 bits per heavy atom. The highest BCUT2D eigenvalue weighted by Gasteiger charge is 2.35. The predicted molar refractivity (Wildman–Crippen MR) is 87.6 cm³/mol. The van der Waals surface area contributed by atoms with Crippen molar-refractivity contribution < 1.29 is 4.21 Å². The van der Waals surface area contributed by atoms with Gasteiger partial charge in [0.25, 0.3) is 0 Å². The van der Waals surface area contributed by atoms with Gasteiger partial charge in [-0.3, -0.25) is 4.21 Å². The molecule has 2 rings (SSSR count). The van der Waals surface area contributed by atoms with E-state index in [2.05, 4.69) is 49.5 Å². The van der Waals surface area contributed by atoms with Gasteiger partial charge in [-0.15, -0.1) is 0 Å². The molecule has 0 bridgehead atoms. The van der Waals surface area contributed by atoms with E-state index in [9.17, 15) is 4.21 Å². The lowest BCUT2D eigenvalue weighted by Gasteiger charge is -2.37. The molecule has 2 nitrogen and oxygen atoms in total. The number of nitrogens with one attached hydrogen (secondary N) is 1. The maximum atomic E-state index is 12.7. The van der Waals surface area contributed by atoms with Gasteiger partial charge in [0.1, 0.15) is 0 Å². The molecule has 5 atom stereocenters. The molecule has 0 radical (unpaired) electrons. The number of hydrogen-bond acceptors (Lipinski definition) is 2. The molecule has 0 aliphatic heterocycles. The quantitative estimate of drug-likeness (QED) is 0.901. The van der Waals surface area contributed by atoms with Crippen molar-refractivity contribution in [2.45, 2.75) is 62.0 Å². The number of hydrogen-bond donors (Lipinski definition) is 1. The van der Waals surface area contributed by atoms with E-state index in [1.54, 1.807) is 0 Å². The summed E-state index contributed by atoms with van der Waals surface area (Å²) in [5.74, 6) is 0.568. The number of benzene rings is 1. The van der Waals surface area contributed by atoms with Crippen molar-refractivity contribution in [1.29, 1.82) is 0 Å². The van der Waals surface area contributed by atoms with Crippen LogP contribution in [-0.4, -0.2) is 27.8 Å². The first kappa shape index (κ1) is 15.7. The van der Waals surface area contributed by atoms with Crippen LogP contribution < -0.4 is 5.32 Å². The monoisotopic (exact) mass is 293 g/mol. The fourth-order valence-corrected chi connectivity index (χ4v) is 5.15. The van der Waals surface area contributed by atoms with Crippen LogP contribution in [0.3, 0.4) is 0 Å². The fraction of sp³-hybridized carbons (Fsp3) is 0.647. The van der Waals surface area contributed by atoms with Gasteiger partial charge in [-0.1, -0.05) is 44.2 Å². The zero-order valence-corrected chi connectivity index (χ0v) is 13.7. The predicted octanol–water partition coefficient (Wildman–Crippen LogP) is 3.46. The molecule has 0 heterocycles. The van der Waals surface area contributed by atoms with Gasteiger partial charge >= 0.3 is 0 Å². The average Bonchev–Trinajstić information content (AvgIpc) is 2.53. The van der Waals surface area contributed by atoms with Crippen molar-refractivity contribution in [3.8, 4) is 0 Å². The van der Waals surface area contributed by atoms with Gasteiger partial charge in [0.2, 0.25) is 0 Å². The Morgan fingerprint density at radius 3 is 2.60 bits per heavy atom. The molecule has 0 saturated heterocycles. The first-order valence-corrected chi connectivity index (χ1v) is 9.06. The van der Waals surface area contributed by atoms with Crippen LogP contribution >= 0.6 is 0 Å². The van der Waals surface area contributed by atoms with Crippen molar-refractivity contribution in [3.05, 3.63) is 35.9 Å². The molecule has 112 valence electrons. The molecule has 0 spiro atoms. The second-order valence-electron chi connectivity index (χ2n) is 5.90. The third-order valence-electron chi connectivity index (χ3n) is 4.70. The molecule has 1 aliphatic rings. The molecule has 20 heavy (non-hydrogen) atoms. The largest absolute Gasteiger partial charge is 0.316 e. The second kappa shape index (κ2) is 7.37. The van der Waals surface area contributed by atoms with Crippen molar-refractivity contribution in [2.75, 3.05) is 7.05 Å². The summed E-state index contributed by atoms with van der Waals surface area (Å²) < 4.78 is 12.7. The van der Waals surface area contributed by atoms with Crippen LogP contribution in [0.5, 0.6) is 0 Å². The third-order valence-corrected chi connectivity index (χ3v) is 6.95. The molecule has 1 aromatic rings.